The molecule has 0 unspecified atom stereocenters. The molecule has 3 nitrogen and oxygen atoms in total. The van der Waals surface area contributed by atoms with Gasteiger partial charge in [0.2, 0.25) is 0 Å². The van der Waals surface area contributed by atoms with Crippen molar-refractivity contribution in [2.24, 2.45) is 0 Å². The fourth-order valence-electron chi connectivity index (χ4n) is 1.60. The molecule has 0 atom stereocenters. The number of aryl methyl sites for hydroxylation is 1. The van der Waals surface area contributed by atoms with Crippen LogP contribution in [0.1, 0.15) is 18.4 Å². The Morgan fingerprint density at radius 3 is 2.83 bits per heavy atom. The second kappa shape index (κ2) is 3.09. The van der Waals surface area contributed by atoms with Crippen LogP contribution in [-0.2, 0) is 0 Å². The third-order valence-corrected chi connectivity index (χ3v) is 2.23. The van der Waals surface area contributed by atoms with E-state index in [1.807, 2.05) is 13.1 Å². The van der Waals surface area contributed by atoms with Gasteiger partial charge in [0.1, 0.15) is 5.82 Å². The first kappa shape index (κ1) is 7.53. The molecule has 1 aromatic rings. The largest absolute Gasteiger partial charge is 0.356 e. The van der Waals surface area contributed by atoms with E-state index in [-0.39, 0.29) is 0 Å². The number of hydrogen-bond acceptors (Lipinski definition) is 3. The highest BCUT2D eigenvalue weighted by atomic mass is 15.2. The van der Waals surface area contributed by atoms with Gasteiger partial charge in [0.05, 0.1) is 0 Å². The Hall–Kier alpha value is -1.12. The Balaban J connectivity index is 2.26. The van der Waals surface area contributed by atoms with Gasteiger partial charge in [-0.05, 0) is 19.8 Å². The molecule has 12 heavy (non-hydrogen) atoms. The number of nitrogens with zero attached hydrogens (tertiary/aromatic N) is 3. The van der Waals surface area contributed by atoms with E-state index in [2.05, 4.69) is 21.2 Å². The maximum absolute atomic E-state index is 4.15. The summed E-state index contributed by atoms with van der Waals surface area (Å²) in [5.74, 6) is 1.06. The molecule has 2 rings (SSSR count). The number of aromatic nitrogens is 2. The summed E-state index contributed by atoms with van der Waals surface area (Å²) in [7, 11) is 0. The summed E-state index contributed by atoms with van der Waals surface area (Å²) >= 11 is 0. The molecule has 1 radical (unpaired) electrons. The van der Waals surface area contributed by atoms with Gasteiger partial charge in [0.15, 0.2) is 6.33 Å². The van der Waals surface area contributed by atoms with E-state index >= 15 is 0 Å². The fourth-order valence-corrected chi connectivity index (χ4v) is 1.60. The van der Waals surface area contributed by atoms with Crippen molar-refractivity contribution < 1.29 is 0 Å². The van der Waals surface area contributed by atoms with E-state index in [9.17, 15) is 0 Å². The molecule has 1 aromatic heterocycles. The SMILES string of the molecule is Cc1cn[c]nc1N1CCCC1. The highest BCUT2D eigenvalue weighted by Gasteiger charge is 2.14. The van der Waals surface area contributed by atoms with Crippen molar-refractivity contribution in [3.63, 3.8) is 0 Å². The van der Waals surface area contributed by atoms with E-state index in [1.165, 1.54) is 12.8 Å². The van der Waals surface area contributed by atoms with Gasteiger partial charge >= 0.3 is 0 Å². The Bertz CT molecular complexity index is 266. The van der Waals surface area contributed by atoms with Crippen LogP contribution in [0.5, 0.6) is 0 Å². The highest BCUT2D eigenvalue weighted by molar-refractivity contribution is 5.44. The Kier molecular flexibility index (Phi) is 1.94. The molecule has 0 spiro atoms. The van der Waals surface area contributed by atoms with Crippen LogP contribution >= 0.6 is 0 Å². The summed E-state index contributed by atoms with van der Waals surface area (Å²) in [5, 5.41) is 0. The van der Waals surface area contributed by atoms with Gasteiger partial charge in [-0.15, -0.1) is 0 Å². The predicted octanol–water partition coefficient (Wildman–Crippen LogP) is 1.19. The molecule has 1 fully saturated rings. The number of rotatable bonds is 1. The standard InChI is InChI=1S/C9H12N3/c1-8-6-10-7-11-9(8)12-4-2-3-5-12/h6H,2-5H2,1H3. The van der Waals surface area contributed by atoms with Crippen molar-refractivity contribution in [2.75, 3.05) is 18.0 Å². The summed E-state index contributed by atoms with van der Waals surface area (Å²) in [6, 6.07) is 0. The zero-order valence-electron chi connectivity index (χ0n) is 7.25. The minimum atomic E-state index is 1.06. The monoisotopic (exact) mass is 162 g/mol. The average Bonchev–Trinajstić information content (AvgIpc) is 2.57. The molecule has 3 heteroatoms. The second-order valence-corrected chi connectivity index (χ2v) is 3.17. The molecule has 1 aliphatic heterocycles. The van der Waals surface area contributed by atoms with Crippen LogP contribution in [0.4, 0.5) is 5.82 Å². The summed E-state index contributed by atoms with van der Waals surface area (Å²) in [6.07, 6.45) is 7.02. The predicted molar refractivity (Wildman–Crippen MR) is 47.1 cm³/mol. The lowest BCUT2D eigenvalue weighted by Crippen LogP contribution is -2.20. The number of anilines is 1. The Morgan fingerprint density at radius 2 is 2.17 bits per heavy atom. The van der Waals surface area contributed by atoms with Crippen molar-refractivity contribution in [2.45, 2.75) is 19.8 Å². The summed E-state index contributed by atoms with van der Waals surface area (Å²) < 4.78 is 0. The first-order valence-electron chi connectivity index (χ1n) is 4.32. The van der Waals surface area contributed by atoms with Gasteiger partial charge < -0.3 is 4.90 Å². The van der Waals surface area contributed by atoms with Crippen molar-refractivity contribution in [1.82, 2.24) is 9.97 Å². The highest BCUT2D eigenvalue weighted by Crippen LogP contribution is 2.19. The summed E-state index contributed by atoms with van der Waals surface area (Å²) in [4.78, 5) is 10.3. The lowest BCUT2D eigenvalue weighted by Gasteiger charge is -2.17. The third-order valence-electron chi connectivity index (χ3n) is 2.23. The Labute approximate surface area is 72.4 Å². The molecular formula is C9H12N3. The maximum Gasteiger partial charge on any atom is 0.199 e. The van der Waals surface area contributed by atoms with Crippen LogP contribution in [0.2, 0.25) is 0 Å². The van der Waals surface area contributed by atoms with Crippen LogP contribution in [0.3, 0.4) is 0 Å². The van der Waals surface area contributed by atoms with Crippen LogP contribution in [0.15, 0.2) is 6.20 Å². The first-order valence-corrected chi connectivity index (χ1v) is 4.32. The summed E-state index contributed by atoms with van der Waals surface area (Å²) in [5.41, 5.74) is 1.15. The second-order valence-electron chi connectivity index (χ2n) is 3.17. The van der Waals surface area contributed by atoms with E-state index in [0.717, 1.165) is 24.5 Å². The molecule has 0 amide bonds. The normalized spacial score (nSPS) is 16.9. The fraction of sp³-hybridized carbons (Fsp3) is 0.556. The minimum absolute atomic E-state index is 1.06. The molecule has 63 valence electrons. The lowest BCUT2D eigenvalue weighted by molar-refractivity contribution is 0.913. The van der Waals surface area contributed by atoms with Gasteiger partial charge in [0.25, 0.3) is 0 Å². The van der Waals surface area contributed by atoms with Crippen molar-refractivity contribution in [3.05, 3.63) is 18.1 Å². The Morgan fingerprint density at radius 1 is 1.42 bits per heavy atom. The molecule has 1 saturated heterocycles. The molecular weight excluding hydrogens is 150 g/mol. The van der Waals surface area contributed by atoms with Crippen LogP contribution < -0.4 is 4.90 Å². The lowest BCUT2D eigenvalue weighted by atomic mass is 10.3. The van der Waals surface area contributed by atoms with Crippen LogP contribution in [0, 0.1) is 13.3 Å². The van der Waals surface area contributed by atoms with Crippen LogP contribution in [0.25, 0.3) is 0 Å². The zero-order valence-corrected chi connectivity index (χ0v) is 7.25. The topological polar surface area (TPSA) is 29.0 Å². The van der Waals surface area contributed by atoms with Crippen molar-refractivity contribution in [3.8, 4) is 0 Å². The number of hydrogen-bond donors (Lipinski definition) is 0. The van der Waals surface area contributed by atoms with Crippen LogP contribution in [-0.4, -0.2) is 23.1 Å². The van der Waals surface area contributed by atoms with E-state index in [4.69, 9.17) is 0 Å². The third kappa shape index (κ3) is 1.26. The average molecular weight is 162 g/mol. The molecule has 2 heterocycles. The molecule has 1 aliphatic rings. The molecule has 0 N–H and O–H groups in total. The van der Waals surface area contributed by atoms with Gasteiger partial charge in [-0.2, -0.15) is 0 Å². The zero-order chi connectivity index (χ0) is 8.39. The van der Waals surface area contributed by atoms with Gasteiger partial charge in [-0.25, -0.2) is 9.97 Å². The molecule has 0 aromatic carbocycles. The maximum atomic E-state index is 4.15. The van der Waals surface area contributed by atoms with Gasteiger partial charge in [-0.1, -0.05) is 0 Å². The van der Waals surface area contributed by atoms with E-state index < -0.39 is 0 Å². The van der Waals surface area contributed by atoms with E-state index in [0.29, 0.717) is 0 Å². The van der Waals surface area contributed by atoms with Crippen molar-refractivity contribution >= 4 is 5.82 Å². The molecule has 0 saturated carbocycles. The molecule has 0 bridgehead atoms. The summed E-state index contributed by atoms with van der Waals surface area (Å²) in [6.45, 7) is 4.30. The van der Waals surface area contributed by atoms with Crippen molar-refractivity contribution in [1.29, 1.82) is 0 Å². The van der Waals surface area contributed by atoms with Gasteiger partial charge in [0, 0.05) is 24.8 Å². The van der Waals surface area contributed by atoms with Gasteiger partial charge in [-0.3, -0.25) is 0 Å². The molecule has 0 aliphatic carbocycles. The minimum Gasteiger partial charge on any atom is -0.356 e. The van der Waals surface area contributed by atoms with E-state index in [1.54, 1.807) is 0 Å². The quantitative estimate of drug-likeness (QED) is 0.621. The smallest absolute Gasteiger partial charge is 0.199 e. The first-order chi connectivity index (χ1) is 5.88.